The zero-order valence-electron chi connectivity index (χ0n) is 7.38. The van der Waals surface area contributed by atoms with E-state index in [0.29, 0.717) is 0 Å². The predicted molar refractivity (Wildman–Crippen MR) is 52.8 cm³/mol. The largest absolute Gasteiger partial charge is 0.326 e. The highest BCUT2D eigenvalue weighted by atomic mass is 32.1. The molecule has 0 unspecified atom stereocenters. The van der Waals surface area contributed by atoms with Crippen molar-refractivity contribution in [2.45, 2.75) is 6.92 Å². The molecule has 0 fully saturated rings. The Bertz CT molecular complexity index is 474. The van der Waals surface area contributed by atoms with Gasteiger partial charge in [0, 0.05) is 18.0 Å². The minimum atomic E-state index is -0.396. The Labute approximate surface area is 83.8 Å². The van der Waals surface area contributed by atoms with Gasteiger partial charge in [-0.3, -0.25) is 10.1 Å². The van der Waals surface area contributed by atoms with Crippen LogP contribution in [0.4, 0.5) is 5.00 Å². The number of aromatic nitrogens is 2. The summed E-state index contributed by atoms with van der Waals surface area (Å²) in [6.07, 6.45) is 1.67. The lowest BCUT2D eigenvalue weighted by Crippen LogP contribution is -1.94. The van der Waals surface area contributed by atoms with Crippen molar-refractivity contribution in [2.24, 2.45) is 0 Å². The van der Waals surface area contributed by atoms with E-state index in [1.807, 2.05) is 13.0 Å². The third kappa shape index (κ3) is 1.39. The van der Waals surface area contributed by atoms with Crippen molar-refractivity contribution >= 4 is 16.3 Å². The second-order valence-corrected chi connectivity index (χ2v) is 3.79. The molecular formula is C8H7N3O2S. The summed E-state index contributed by atoms with van der Waals surface area (Å²) in [5.74, 6) is 0. The van der Waals surface area contributed by atoms with Crippen molar-refractivity contribution in [2.75, 3.05) is 0 Å². The molecule has 72 valence electrons. The number of aryl methyl sites for hydroxylation is 1. The topological polar surface area (TPSA) is 61.0 Å². The van der Waals surface area contributed by atoms with E-state index in [1.54, 1.807) is 16.9 Å². The number of nitrogens with zero attached hydrogens (tertiary/aromatic N) is 3. The van der Waals surface area contributed by atoms with E-state index in [0.717, 1.165) is 22.0 Å². The summed E-state index contributed by atoms with van der Waals surface area (Å²) in [4.78, 5) is 10.1. The summed E-state index contributed by atoms with van der Waals surface area (Å²) in [6.45, 7) is 1.90. The van der Waals surface area contributed by atoms with Gasteiger partial charge in [-0.2, -0.15) is 5.10 Å². The number of hydrogen-bond donors (Lipinski definition) is 0. The lowest BCUT2D eigenvalue weighted by Gasteiger charge is -1.97. The Morgan fingerprint density at radius 2 is 2.29 bits per heavy atom. The molecule has 0 aromatic carbocycles. The van der Waals surface area contributed by atoms with Crippen molar-refractivity contribution in [1.82, 2.24) is 9.78 Å². The lowest BCUT2D eigenvalue weighted by atomic mass is 10.5. The van der Waals surface area contributed by atoms with E-state index >= 15 is 0 Å². The van der Waals surface area contributed by atoms with E-state index in [1.165, 1.54) is 6.07 Å². The average Bonchev–Trinajstić information content (AvgIpc) is 2.71. The first-order valence-electron chi connectivity index (χ1n) is 3.94. The zero-order chi connectivity index (χ0) is 10.1. The third-order valence-corrected chi connectivity index (χ3v) is 2.81. The molecule has 0 aliphatic heterocycles. The van der Waals surface area contributed by atoms with Crippen LogP contribution in [0, 0.1) is 17.0 Å². The molecule has 0 aliphatic rings. The van der Waals surface area contributed by atoms with Gasteiger partial charge in [0.1, 0.15) is 5.00 Å². The number of thiophene rings is 1. The maximum Gasteiger partial charge on any atom is 0.326 e. The summed E-state index contributed by atoms with van der Waals surface area (Å²) in [5.41, 5.74) is 0.960. The van der Waals surface area contributed by atoms with Crippen molar-refractivity contribution in [3.63, 3.8) is 0 Å². The van der Waals surface area contributed by atoms with Crippen LogP contribution in [0.5, 0.6) is 0 Å². The van der Waals surface area contributed by atoms with Crippen LogP contribution in [-0.2, 0) is 0 Å². The van der Waals surface area contributed by atoms with Crippen molar-refractivity contribution in [3.8, 4) is 5.00 Å². The second kappa shape index (κ2) is 3.22. The molecule has 2 heterocycles. The van der Waals surface area contributed by atoms with Gasteiger partial charge in [-0.25, -0.2) is 4.68 Å². The van der Waals surface area contributed by atoms with Crippen molar-refractivity contribution < 1.29 is 4.92 Å². The van der Waals surface area contributed by atoms with Gasteiger partial charge in [-0.05, 0) is 30.4 Å². The van der Waals surface area contributed by atoms with Crippen LogP contribution in [0.3, 0.4) is 0 Å². The Kier molecular flexibility index (Phi) is 2.05. The number of rotatable bonds is 2. The van der Waals surface area contributed by atoms with Gasteiger partial charge in [-0.1, -0.05) is 0 Å². The first-order chi connectivity index (χ1) is 6.68. The average molecular weight is 209 g/mol. The molecule has 0 bridgehead atoms. The normalized spacial score (nSPS) is 10.4. The predicted octanol–water partition coefficient (Wildman–Crippen LogP) is 2.15. The monoisotopic (exact) mass is 209 g/mol. The van der Waals surface area contributed by atoms with Crippen LogP contribution in [0.15, 0.2) is 24.4 Å². The molecule has 0 saturated carbocycles. The highest BCUT2D eigenvalue weighted by molar-refractivity contribution is 7.17. The quantitative estimate of drug-likeness (QED) is 0.562. The molecule has 0 N–H and O–H groups in total. The molecule has 6 heteroatoms. The fraction of sp³-hybridized carbons (Fsp3) is 0.125. The molecular weight excluding hydrogens is 202 g/mol. The van der Waals surface area contributed by atoms with Crippen molar-refractivity contribution in [3.05, 3.63) is 40.2 Å². The standard InChI is InChI=1S/C8H7N3O2S/c1-6-4-5-9-10(6)7-2-3-8(14-7)11(12)13/h2-5H,1H3. The summed E-state index contributed by atoms with van der Waals surface area (Å²) >= 11 is 1.11. The van der Waals surface area contributed by atoms with Gasteiger partial charge < -0.3 is 0 Å². The van der Waals surface area contributed by atoms with Crippen LogP contribution >= 0.6 is 11.3 Å². The van der Waals surface area contributed by atoms with E-state index in [9.17, 15) is 10.1 Å². The highest BCUT2D eigenvalue weighted by Gasteiger charge is 2.11. The van der Waals surface area contributed by atoms with E-state index < -0.39 is 4.92 Å². The molecule has 0 radical (unpaired) electrons. The molecule has 2 rings (SSSR count). The number of nitro groups is 1. The molecule has 2 aromatic rings. The highest BCUT2D eigenvalue weighted by Crippen LogP contribution is 2.27. The van der Waals surface area contributed by atoms with E-state index in [2.05, 4.69) is 5.10 Å². The lowest BCUT2D eigenvalue weighted by molar-refractivity contribution is -0.380. The molecule has 14 heavy (non-hydrogen) atoms. The van der Waals surface area contributed by atoms with Crippen molar-refractivity contribution in [1.29, 1.82) is 0 Å². The van der Waals surface area contributed by atoms with E-state index in [-0.39, 0.29) is 5.00 Å². The summed E-state index contributed by atoms with van der Waals surface area (Å²) < 4.78 is 1.68. The van der Waals surface area contributed by atoms with Gasteiger partial charge in [-0.15, -0.1) is 0 Å². The van der Waals surface area contributed by atoms with E-state index in [4.69, 9.17) is 0 Å². The molecule has 0 spiro atoms. The Morgan fingerprint density at radius 3 is 2.79 bits per heavy atom. The maximum atomic E-state index is 10.5. The number of hydrogen-bond acceptors (Lipinski definition) is 4. The second-order valence-electron chi connectivity index (χ2n) is 2.75. The molecule has 0 aliphatic carbocycles. The zero-order valence-corrected chi connectivity index (χ0v) is 8.19. The maximum absolute atomic E-state index is 10.5. The van der Waals surface area contributed by atoms with Crippen LogP contribution in [-0.4, -0.2) is 14.7 Å². The first kappa shape index (κ1) is 8.89. The first-order valence-corrected chi connectivity index (χ1v) is 4.75. The molecule has 0 atom stereocenters. The summed E-state index contributed by atoms with van der Waals surface area (Å²) in [7, 11) is 0. The van der Waals surface area contributed by atoms with Crippen LogP contribution in [0.25, 0.3) is 5.00 Å². The Balaban J connectivity index is 2.43. The van der Waals surface area contributed by atoms with Gasteiger partial charge in [0.15, 0.2) is 0 Å². The molecule has 0 saturated heterocycles. The van der Waals surface area contributed by atoms with Gasteiger partial charge in [0.05, 0.1) is 4.92 Å². The smallest absolute Gasteiger partial charge is 0.258 e. The fourth-order valence-corrected chi connectivity index (χ4v) is 1.97. The SMILES string of the molecule is Cc1ccnn1-c1ccc([N+](=O)[O-])s1. The molecule has 0 amide bonds. The Morgan fingerprint density at radius 1 is 1.50 bits per heavy atom. The summed E-state index contributed by atoms with van der Waals surface area (Å²) in [5, 5.41) is 15.4. The van der Waals surface area contributed by atoms with Gasteiger partial charge in [0.25, 0.3) is 0 Å². The third-order valence-electron chi connectivity index (χ3n) is 1.80. The Hall–Kier alpha value is -1.69. The van der Waals surface area contributed by atoms with Gasteiger partial charge >= 0.3 is 5.00 Å². The molecule has 2 aromatic heterocycles. The van der Waals surface area contributed by atoms with Crippen LogP contribution in [0.1, 0.15) is 5.69 Å². The minimum absolute atomic E-state index is 0.134. The fourth-order valence-electron chi connectivity index (χ4n) is 1.13. The molecule has 5 nitrogen and oxygen atoms in total. The van der Waals surface area contributed by atoms with Gasteiger partial charge in [0.2, 0.25) is 0 Å². The minimum Gasteiger partial charge on any atom is -0.258 e. The van der Waals surface area contributed by atoms with Crippen LogP contribution in [0.2, 0.25) is 0 Å². The summed E-state index contributed by atoms with van der Waals surface area (Å²) in [6, 6.07) is 5.04. The van der Waals surface area contributed by atoms with Crippen LogP contribution < -0.4 is 0 Å².